The number of carbonyl (C=O) groups is 2. The van der Waals surface area contributed by atoms with Crippen molar-refractivity contribution in [3.8, 4) is 6.07 Å². The highest BCUT2D eigenvalue weighted by molar-refractivity contribution is 6.03. The number of fused-ring (bicyclic) bond motifs is 2. The number of nitro benzene ring substituents is 1. The number of non-ortho nitro benzene ring substituents is 1. The predicted octanol–water partition coefficient (Wildman–Crippen LogP) is 2.72. The lowest BCUT2D eigenvalue weighted by molar-refractivity contribution is -0.384. The van der Waals surface area contributed by atoms with Crippen LogP contribution in [-0.4, -0.2) is 41.9 Å². The van der Waals surface area contributed by atoms with Gasteiger partial charge in [0.2, 0.25) is 5.78 Å². The van der Waals surface area contributed by atoms with Gasteiger partial charge in [-0.15, -0.1) is 0 Å². The zero-order valence-electron chi connectivity index (χ0n) is 19.5. The number of carbonyl (C=O) groups excluding carboxylic acids is 2. The highest BCUT2D eigenvalue weighted by Crippen LogP contribution is 2.40. The fourth-order valence-corrected chi connectivity index (χ4v) is 4.11. The molecule has 0 saturated carbocycles. The molecule has 0 saturated heterocycles. The molecular formula is C24H21N5O7. The number of aryl methyl sites for hydroxylation is 1. The molecule has 0 amide bonds. The van der Waals surface area contributed by atoms with Crippen molar-refractivity contribution in [2.75, 3.05) is 30.5 Å². The molecule has 3 aromatic rings. The number of ketones is 1. The minimum absolute atomic E-state index is 0.0726. The average Bonchev–Trinajstić information content (AvgIpc) is 3.31. The topological polar surface area (TPSA) is 152 Å². The van der Waals surface area contributed by atoms with Crippen molar-refractivity contribution in [3.05, 3.63) is 74.5 Å². The minimum atomic E-state index is -0.704. The summed E-state index contributed by atoms with van der Waals surface area (Å²) in [5.41, 5.74) is 1.78. The van der Waals surface area contributed by atoms with Gasteiger partial charge in [0.1, 0.15) is 17.5 Å². The van der Waals surface area contributed by atoms with E-state index in [2.05, 4.69) is 0 Å². The molecule has 0 fully saturated rings. The number of para-hydroxylation sites is 2. The lowest BCUT2D eigenvalue weighted by Crippen LogP contribution is -2.27. The van der Waals surface area contributed by atoms with Crippen molar-refractivity contribution in [2.24, 2.45) is 0 Å². The Morgan fingerprint density at radius 2 is 1.81 bits per heavy atom. The standard InChI is InChI=1S/C24H21N5O7/c1-26-17-6-3-4-7-18(17)27(2)23(26)16(13-25)20(30)14-35-22(31)8-5-11-28-19-10-9-15(29(33)34)12-21(19)36-24(28)32/h3-4,6-7,9-10,12H,5,8,11,14H2,1-2H3. The number of rotatable bonds is 8. The number of nitro groups is 1. The second-order valence-electron chi connectivity index (χ2n) is 8.03. The first kappa shape index (κ1) is 24.2. The van der Waals surface area contributed by atoms with Gasteiger partial charge in [-0.25, -0.2) is 4.79 Å². The van der Waals surface area contributed by atoms with Crippen molar-refractivity contribution in [2.45, 2.75) is 19.4 Å². The summed E-state index contributed by atoms with van der Waals surface area (Å²) < 4.78 is 11.4. The number of benzene rings is 2. The van der Waals surface area contributed by atoms with Gasteiger partial charge in [0.25, 0.3) is 5.69 Å². The summed E-state index contributed by atoms with van der Waals surface area (Å²) in [6, 6.07) is 13.2. The Hall–Kier alpha value is -4.92. The molecule has 0 atom stereocenters. The number of anilines is 2. The first-order valence-electron chi connectivity index (χ1n) is 10.9. The van der Waals surface area contributed by atoms with Crippen LogP contribution in [0.2, 0.25) is 0 Å². The lowest BCUT2D eigenvalue weighted by Gasteiger charge is -2.19. The SMILES string of the molecule is CN1C(=C(C#N)C(=O)COC(=O)CCCn2c(=O)oc3cc([N+](=O)[O-])ccc32)N(C)c2ccccc21. The first-order chi connectivity index (χ1) is 17.2. The Labute approximate surface area is 204 Å². The maximum absolute atomic E-state index is 12.7. The highest BCUT2D eigenvalue weighted by Gasteiger charge is 2.31. The third-order valence-electron chi connectivity index (χ3n) is 5.84. The summed E-state index contributed by atoms with van der Waals surface area (Å²) >= 11 is 0. The van der Waals surface area contributed by atoms with Crippen molar-refractivity contribution < 1.29 is 23.7 Å². The first-order valence-corrected chi connectivity index (χ1v) is 10.9. The molecular weight excluding hydrogens is 470 g/mol. The number of nitriles is 1. The Bertz CT molecular complexity index is 1480. The zero-order valence-corrected chi connectivity index (χ0v) is 19.5. The molecule has 0 aliphatic carbocycles. The molecule has 0 spiro atoms. The van der Waals surface area contributed by atoms with E-state index in [-0.39, 0.29) is 36.2 Å². The molecule has 0 bridgehead atoms. The normalized spacial score (nSPS) is 12.4. The van der Waals surface area contributed by atoms with Gasteiger partial charge >= 0.3 is 11.7 Å². The number of hydrogen-bond acceptors (Lipinski definition) is 10. The zero-order chi connectivity index (χ0) is 26.0. The van der Waals surface area contributed by atoms with Gasteiger partial charge in [-0.05, 0) is 24.6 Å². The molecule has 1 aromatic heterocycles. The van der Waals surface area contributed by atoms with E-state index < -0.39 is 29.0 Å². The van der Waals surface area contributed by atoms with Gasteiger partial charge in [-0.1, -0.05) is 12.1 Å². The van der Waals surface area contributed by atoms with Crippen LogP contribution in [0.1, 0.15) is 12.8 Å². The van der Waals surface area contributed by atoms with Crippen molar-refractivity contribution >= 4 is 39.9 Å². The molecule has 4 rings (SSSR count). The van der Waals surface area contributed by atoms with Crippen LogP contribution in [0, 0.1) is 21.4 Å². The second kappa shape index (κ2) is 9.75. The number of Topliss-reactive ketones (excluding diaryl/α,β-unsaturated/α-hetero) is 1. The number of aromatic nitrogens is 1. The molecule has 0 N–H and O–H groups in total. The average molecular weight is 491 g/mol. The number of oxazole rings is 1. The summed E-state index contributed by atoms with van der Waals surface area (Å²) in [6.07, 6.45) is 0.106. The van der Waals surface area contributed by atoms with Crippen LogP contribution in [0.5, 0.6) is 0 Å². The van der Waals surface area contributed by atoms with Crippen molar-refractivity contribution in [3.63, 3.8) is 0 Å². The van der Waals surface area contributed by atoms with Gasteiger partial charge in [0.15, 0.2) is 12.2 Å². The second-order valence-corrected chi connectivity index (χ2v) is 8.03. The van der Waals surface area contributed by atoms with Gasteiger partial charge in [-0.3, -0.25) is 24.3 Å². The predicted molar refractivity (Wildman–Crippen MR) is 128 cm³/mol. The highest BCUT2D eigenvalue weighted by atomic mass is 16.6. The van der Waals surface area contributed by atoms with E-state index in [1.165, 1.54) is 16.7 Å². The van der Waals surface area contributed by atoms with E-state index in [1.807, 2.05) is 30.3 Å². The molecule has 12 nitrogen and oxygen atoms in total. The Morgan fingerprint density at radius 3 is 2.42 bits per heavy atom. The lowest BCUT2D eigenvalue weighted by atomic mass is 10.2. The van der Waals surface area contributed by atoms with Crippen LogP contribution < -0.4 is 15.6 Å². The van der Waals surface area contributed by atoms with Crippen LogP contribution in [0.15, 0.2) is 63.1 Å². The fraction of sp³-hybridized carbons (Fsp3) is 0.250. The number of hydrogen-bond donors (Lipinski definition) is 0. The van der Waals surface area contributed by atoms with Gasteiger partial charge in [0, 0.05) is 33.1 Å². The minimum Gasteiger partial charge on any atom is -0.457 e. The molecule has 12 heteroatoms. The summed E-state index contributed by atoms with van der Waals surface area (Å²) in [6.45, 7) is -0.491. The largest absolute Gasteiger partial charge is 0.457 e. The summed E-state index contributed by atoms with van der Waals surface area (Å²) in [5.74, 6) is -1.61. The van der Waals surface area contributed by atoms with Crippen LogP contribution in [-0.2, 0) is 20.9 Å². The van der Waals surface area contributed by atoms with Crippen LogP contribution in [0.4, 0.5) is 17.1 Å². The number of ether oxygens (including phenoxy) is 1. The molecule has 2 aromatic carbocycles. The van der Waals surface area contributed by atoms with Gasteiger partial charge in [0.05, 0.1) is 27.9 Å². The smallest absolute Gasteiger partial charge is 0.419 e. The van der Waals surface area contributed by atoms with Crippen LogP contribution in [0.3, 0.4) is 0 Å². The van der Waals surface area contributed by atoms with Gasteiger partial charge in [-0.2, -0.15) is 5.26 Å². The Morgan fingerprint density at radius 1 is 1.14 bits per heavy atom. The summed E-state index contributed by atoms with van der Waals surface area (Å²) in [4.78, 5) is 50.8. The Kier molecular flexibility index (Phi) is 6.56. The van der Waals surface area contributed by atoms with E-state index in [0.717, 1.165) is 17.4 Å². The quantitative estimate of drug-likeness (QED) is 0.151. The van der Waals surface area contributed by atoms with E-state index in [0.29, 0.717) is 11.3 Å². The fourth-order valence-electron chi connectivity index (χ4n) is 4.11. The third-order valence-corrected chi connectivity index (χ3v) is 5.84. The van der Waals surface area contributed by atoms with Crippen molar-refractivity contribution in [1.82, 2.24) is 4.57 Å². The summed E-state index contributed by atoms with van der Waals surface area (Å²) in [5, 5.41) is 20.5. The van der Waals surface area contributed by atoms with E-state index in [4.69, 9.17) is 9.15 Å². The van der Waals surface area contributed by atoms with E-state index >= 15 is 0 Å². The van der Waals surface area contributed by atoms with E-state index in [1.54, 1.807) is 23.9 Å². The molecule has 0 radical (unpaired) electrons. The molecule has 1 aliphatic heterocycles. The Balaban J connectivity index is 1.36. The summed E-state index contributed by atoms with van der Waals surface area (Å²) in [7, 11) is 3.49. The molecule has 0 unspecified atom stereocenters. The maximum Gasteiger partial charge on any atom is 0.419 e. The molecule has 184 valence electrons. The van der Waals surface area contributed by atoms with Crippen LogP contribution in [0.25, 0.3) is 11.1 Å². The van der Waals surface area contributed by atoms with Crippen LogP contribution >= 0.6 is 0 Å². The maximum atomic E-state index is 12.7. The van der Waals surface area contributed by atoms with E-state index in [9.17, 15) is 29.8 Å². The number of esters is 1. The monoisotopic (exact) mass is 491 g/mol. The van der Waals surface area contributed by atoms with Gasteiger partial charge < -0.3 is 19.0 Å². The molecule has 2 heterocycles. The third kappa shape index (κ3) is 4.41. The number of nitrogens with zero attached hydrogens (tertiary/aromatic N) is 5. The molecule has 36 heavy (non-hydrogen) atoms. The molecule has 1 aliphatic rings. The van der Waals surface area contributed by atoms with Crippen molar-refractivity contribution in [1.29, 1.82) is 5.26 Å².